The minimum atomic E-state index is -0.239. The maximum Gasteiger partial charge on any atom is 0.329 e. The smallest absolute Gasteiger partial charge is 0.329 e. The van der Waals surface area contributed by atoms with Crippen molar-refractivity contribution in [2.75, 3.05) is 0 Å². The van der Waals surface area contributed by atoms with Crippen molar-refractivity contribution in [2.45, 2.75) is 33.0 Å². The Kier molecular flexibility index (Phi) is 4.95. The summed E-state index contributed by atoms with van der Waals surface area (Å²) in [6.45, 7) is 4.32. The SMILES string of the molecule is CCn1c(=O)n(CC(=O)NC(C)c2ccccc2Cl)c2ccccc21. The van der Waals surface area contributed by atoms with Gasteiger partial charge in [-0.05, 0) is 37.6 Å². The van der Waals surface area contributed by atoms with Gasteiger partial charge in [-0.2, -0.15) is 0 Å². The van der Waals surface area contributed by atoms with Crippen molar-refractivity contribution in [3.63, 3.8) is 0 Å². The largest absolute Gasteiger partial charge is 0.348 e. The molecular formula is C19H20ClN3O2. The third-order valence-electron chi connectivity index (χ3n) is 4.29. The standard InChI is InChI=1S/C19H20ClN3O2/c1-3-22-16-10-6-7-11-17(16)23(19(22)25)12-18(24)21-13(2)14-8-4-5-9-15(14)20/h4-11,13H,3,12H2,1-2H3,(H,21,24). The van der Waals surface area contributed by atoms with Crippen molar-refractivity contribution >= 4 is 28.5 Å². The molecule has 0 bridgehead atoms. The second-order valence-corrected chi connectivity index (χ2v) is 6.32. The van der Waals surface area contributed by atoms with Gasteiger partial charge in [0, 0.05) is 11.6 Å². The molecule has 0 fully saturated rings. The minimum Gasteiger partial charge on any atom is -0.348 e. The van der Waals surface area contributed by atoms with E-state index in [2.05, 4.69) is 5.32 Å². The van der Waals surface area contributed by atoms with E-state index in [1.807, 2.05) is 56.3 Å². The Morgan fingerprint density at radius 2 is 1.68 bits per heavy atom. The lowest BCUT2D eigenvalue weighted by atomic mass is 10.1. The van der Waals surface area contributed by atoms with Gasteiger partial charge in [-0.15, -0.1) is 0 Å². The number of hydrogen-bond acceptors (Lipinski definition) is 2. The number of imidazole rings is 1. The van der Waals surface area contributed by atoms with E-state index in [1.165, 1.54) is 4.57 Å². The number of carbonyl (C=O) groups is 1. The monoisotopic (exact) mass is 357 g/mol. The second kappa shape index (κ2) is 7.15. The third-order valence-corrected chi connectivity index (χ3v) is 4.64. The van der Waals surface area contributed by atoms with Crippen LogP contribution < -0.4 is 11.0 Å². The lowest BCUT2D eigenvalue weighted by molar-refractivity contribution is -0.122. The summed E-state index contributed by atoms with van der Waals surface area (Å²) in [6, 6.07) is 14.6. The topological polar surface area (TPSA) is 56.0 Å². The van der Waals surface area contributed by atoms with Gasteiger partial charge >= 0.3 is 5.69 Å². The molecule has 0 saturated carbocycles. The number of benzene rings is 2. The van der Waals surface area contributed by atoms with Gasteiger partial charge in [0.1, 0.15) is 6.54 Å². The fourth-order valence-electron chi connectivity index (χ4n) is 3.07. The normalized spacial score (nSPS) is 12.3. The Morgan fingerprint density at radius 3 is 2.32 bits per heavy atom. The predicted octanol–water partition coefficient (Wildman–Crippen LogP) is 3.35. The Morgan fingerprint density at radius 1 is 1.08 bits per heavy atom. The summed E-state index contributed by atoms with van der Waals surface area (Å²) in [5, 5.41) is 3.52. The van der Waals surface area contributed by atoms with Gasteiger partial charge in [0.2, 0.25) is 5.91 Å². The summed E-state index contributed by atoms with van der Waals surface area (Å²) >= 11 is 6.18. The first-order valence-corrected chi connectivity index (χ1v) is 8.62. The van der Waals surface area contributed by atoms with E-state index in [9.17, 15) is 9.59 Å². The molecule has 5 nitrogen and oxygen atoms in total. The molecule has 0 aliphatic heterocycles. The molecule has 1 amide bonds. The molecule has 3 rings (SSSR count). The molecule has 0 aliphatic rings. The van der Waals surface area contributed by atoms with Crippen LogP contribution in [0, 0.1) is 0 Å². The number of rotatable bonds is 5. The Bertz CT molecular complexity index is 974. The van der Waals surface area contributed by atoms with Crippen molar-refractivity contribution < 1.29 is 4.79 Å². The first-order valence-electron chi connectivity index (χ1n) is 8.24. The summed E-state index contributed by atoms with van der Waals surface area (Å²) in [4.78, 5) is 25.1. The van der Waals surface area contributed by atoms with E-state index in [4.69, 9.17) is 11.6 Å². The van der Waals surface area contributed by atoms with Crippen molar-refractivity contribution in [3.8, 4) is 0 Å². The van der Waals surface area contributed by atoms with Gasteiger partial charge in [-0.1, -0.05) is 41.9 Å². The Labute approximate surface area is 150 Å². The van der Waals surface area contributed by atoms with Crippen LogP contribution in [-0.2, 0) is 17.9 Å². The maximum absolute atomic E-state index is 12.6. The van der Waals surface area contributed by atoms with Gasteiger partial charge < -0.3 is 5.32 Å². The first-order chi connectivity index (χ1) is 12.0. The first kappa shape index (κ1) is 17.3. The van der Waals surface area contributed by atoms with Gasteiger partial charge in [-0.25, -0.2) is 4.79 Å². The summed E-state index contributed by atoms with van der Waals surface area (Å²) in [6.07, 6.45) is 0. The average Bonchev–Trinajstić information content (AvgIpc) is 2.86. The Balaban J connectivity index is 1.85. The number of nitrogens with zero attached hydrogens (tertiary/aromatic N) is 2. The molecule has 1 atom stereocenters. The highest BCUT2D eigenvalue weighted by Gasteiger charge is 2.17. The molecule has 1 N–H and O–H groups in total. The van der Waals surface area contributed by atoms with Crippen LogP contribution in [0.1, 0.15) is 25.5 Å². The molecule has 0 saturated heterocycles. The highest BCUT2D eigenvalue weighted by Crippen LogP contribution is 2.22. The van der Waals surface area contributed by atoms with Crippen LogP contribution in [0.3, 0.4) is 0 Å². The second-order valence-electron chi connectivity index (χ2n) is 5.91. The molecule has 25 heavy (non-hydrogen) atoms. The molecule has 6 heteroatoms. The highest BCUT2D eigenvalue weighted by molar-refractivity contribution is 6.31. The summed E-state index contributed by atoms with van der Waals surface area (Å²) in [5.74, 6) is -0.228. The molecule has 1 aromatic heterocycles. The van der Waals surface area contributed by atoms with E-state index >= 15 is 0 Å². The van der Waals surface area contributed by atoms with E-state index in [0.717, 1.165) is 16.6 Å². The van der Waals surface area contributed by atoms with E-state index in [-0.39, 0.29) is 24.2 Å². The molecule has 1 heterocycles. The summed E-state index contributed by atoms with van der Waals surface area (Å²) in [7, 11) is 0. The number of hydrogen-bond donors (Lipinski definition) is 1. The molecule has 2 aromatic carbocycles. The zero-order valence-corrected chi connectivity index (χ0v) is 15.0. The lowest BCUT2D eigenvalue weighted by Gasteiger charge is -2.16. The quantitative estimate of drug-likeness (QED) is 0.761. The van der Waals surface area contributed by atoms with Gasteiger partial charge in [0.15, 0.2) is 0 Å². The molecule has 130 valence electrons. The molecule has 3 aromatic rings. The summed E-state index contributed by atoms with van der Waals surface area (Å²) in [5.41, 5.74) is 2.27. The van der Waals surface area contributed by atoms with Crippen molar-refractivity contribution in [1.29, 1.82) is 0 Å². The van der Waals surface area contributed by atoms with E-state index in [1.54, 1.807) is 10.6 Å². The molecule has 0 aliphatic carbocycles. The fraction of sp³-hybridized carbons (Fsp3) is 0.263. The highest BCUT2D eigenvalue weighted by atomic mass is 35.5. The molecular weight excluding hydrogens is 338 g/mol. The number of amides is 1. The van der Waals surface area contributed by atoms with Crippen molar-refractivity contribution in [2.24, 2.45) is 0 Å². The van der Waals surface area contributed by atoms with E-state index < -0.39 is 0 Å². The number of halogens is 1. The van der Waals surface area contributed by atoms with Gasteiger partial charge in [0.05, 0.1) is 17.1 Å². The number of carbonyl (C=O) groups excluding carboxylic acids is 1. The predicted molar refractivity (Wildman–Crippen MR) is 99.9 cm³/mol. The number of aryl methyl sites for hydroxylation is 1. The minimum absolute atomic E-state index is 0.0266. The van der Waals surface area contributed by atoms with E-state index in [0.29, 0.717) is 11.6 Å². The van der Waals surface area contributed by atoms with Gasteiger partial charge in [0.25, 0.3) is 0 Å². The maximum atomic E-state index is 12.6. The lowest BCUT2D eigenvalue weighted by Crippen LogP contribution is -2.34. The fourth-order valence-corrected chi connectivity index (χ4v) is 3.37. The van der Waals surface area contributed by atoms with Crippen LogP contribution in [-0.4, -0.2) is 15.0 Å². The summed E-state index contributed by atoms with van der Waals surface area (Å²) < 4.78 is 3.17. The molecule has 1 unspecified atom stereocenters. The zero-order valence-electron chi connectivity index (χ0n) is 14.2. The number of para-hydroxylation sites is 2. The number of nitrogens with one attached hydrogen (secondary N) is 1. The van der Waals surface area contributed by atoms with Crippen LogP contribution in [0.4, 0.5) is 0 Å². The average molecular weight is 358 g/mol. The number of fused-ring (bicyclic) bond motifs is 1. The van der Waals surface area contributed by atoms with Crippen LogP contribution in [0.5, 0.6) is 0 Å². The van der Waals surface area contributed by atoms with Gasteiger partial charge in [-0.3, -0.25) is 13.9 Å². The van der Waals surface area contributed by atoms with Crippen LogP contribution >= 0.6 is 11.6 Å². The van der Waals surface area contributed by atoms with Crippen molar-refractivity contribution in [3.05, 3.63) is 69.6 Å². The van der Waals surface area contributed by atoms with Crippen molar-refractivity contribution in [1.82, 2.24) is 14.5 Å². The van der Waals surface area contributed by atoms with Crippen LogP contribution in [0.25, 0.3) is 11.0 Å². The van der Waals surface area contributed by atoms with Crippen LogP contribution in [0.15, 0.2) is 53.3 Å². The Hall–Kier alpha value is -2.53. The zero-order chi connectivity index (χ0) is 18.0. The molecule has 0 radical (unpaired) electrons. The van der Waals surface area contributed by atoms with Crippen LogP contribution in [0.2, 0.25) is 5.02 Å². The molecule has 0 spiro atoms. The number of aromatic nitrogens is 2. The third kappa shape index (κ3) is 3.33.